The maximum Gasteiger partial charge on any atom is 0.418 e. The van der Waals surface area contributed by atoms with Crippen molar-refractivity contribution < 1.29 is 23.1 Å². The number of phenolic OH excluding ortho intramolecular Hbond substituents is 1. The average molecular weight is 295 g/mol. The topological polar surface area (TPSA) is 49.3 Å². The normalized spacial score (nSPS) is 11.2. The van der Waals surface area contributed by atoms with Crippen molar-refractivity contribution in [2.45, 2.75) is 13.1 Å². The fraction of sp³-hybridized carbons (Fsp3) is 0.133. The van der Waals surface area contributed by atoms with Crippen molar-refractivity contribution in [3.05, 3.63) is 59.2 Å². The van der Waals surface area contributed by atoms with Crippen LogP contribution in [0.2, 0.25) is 0 Å². The number of amides is 1. The molecular formula is C15H12F3NO2. The minimum atomic E-state index is -4.55. The second-order valence-electron chi connectivity index (χ2n) is 4.50. The van der Waals surface area contributed by atoms with Crippen LogP contribution in [0.15, 0.2) is 42.5 Å². The Labute approximate surface area is 119 Å². The Balaban J connectivity index is 2.30. The van der Waals surface area contributed by atoms with Crippen molar-refractivity contribution in [1.82, 2.24) is 0 Å². The van der Waals surface area contributed by atoms with Gasteiger partial charge in [-0.3, -0.25) is 4.79 Å². The number of aromatic hydroxyl groups is 1. The van der Waals surface area contributed by atoms with Crippen molar-refractivity contribution in [2.75, 3.05) is 5.32 Å². The van der Waals surface area contributed by atoms with Crippen LogP contribution in [-0.4, -0.2) is 11.0 Å². The van der Waals surface area contributed by atoms with Crippen LogP contribution in [0, 0.1) is 6.92 Å². The molecule has 0 unspecified atom stereocenters. The molecule has 3 nitrogen and oxygen atoms in total. The molecule has 0 atom stereocenters. The third-order valence-electron chi connectivity index (χ3n) is 2.94. The summed E-state index contributed by atoms with van der Waals surface area (Å²) >= 11 is 0. The Kier molecular flexibility index (Phi) is 3.88. The Morgan fingerprint density at radius 2 is 1.81 bits per heavy atom. The van der Waals surface area contributed by atoms with Gasteiger partial charge >= 0.3 is 6.18 Å². The van der Waals surface area contributed by atoms with E-state index in [1.807, 2.05) is 0 Å². The first kappa shape index (κ1) is 14.9. The monoisotopic (exact) mass is 295 g/mol. The third-order valence-corrected chi connectivity index (χ3v) is 2.94. The van der Waals surface area contributed by atoms with Gasteiger partial charge in [0.05, 0.1) is 11.3 Å². The van der Waals surface area contributed by atoms with E-state index in [1.54, 1.807) is 6.92 Å². The molecule has 0 heterocycles. The number of hydrogen-bond acceptors (Lipinski definition) is 2. The molecule has 21 heavy (non-hydrogen) atoms. The van der Waals surface area contributed by atoms with Gasteiger partial charge in [0, 0.05) is 5.56 Å². The Morgan fingerprint density at radius 3 is 2.43 bits per heavy atom. The second-order valence-corrected chi connectivity index (χ2v) is 4.50. The van der Waals surface area contributed by atoms with Crippen LogP contribution in [0.1, 0.15) is 21.5 Å². The number of alkyl halides is 3. The van der Waals surface area contributed by atoms with E-state index in [2.05, 4.69) is 5.32 Å². The van der Waals surface area contributed by atoms with Gasteiger partial charge in [0.25, 0.3) is 5.91 Å². The summed E-state index contributed by atoms with van der Waals surface area (Å²) in [6.07, 6.45) is -4.55. The maximum absolute atomic E-state index is 12.8. The first-order valence-electron chi connectivity index (χ1n) is 6.06. The van der Waals surface area contributed by atoms with Crippen molar-refractivity contribution >= 4 is 11.6 Å². The summed E-state index contributed by atoms with van der Waals surface area (Å²) in [5.74, 6) is -0.656. The van der Waals surface area contributed by atoms with E-state index >= 15 is 0 Å². The van der Waals surface area contributed by atoms with Crippen LogP contribution in [0.4, 0.5) is 18.9 Å². The summed E-state index contributed by atoms with van der Waals surface area (Å²) in [5.41, 5.74) is -0.580. The molecule has 0 saturated carbocycles. The summed E-state index contributed by atoms with van der Waals surface area (Å²) in [4.78, 5) is 12.0. The first-order chi connectivity index (χ1) is 9.79. The van der Waals surface area contributed by atoms with Crippen LogP contribution in [0.3, 0.4) is 0 Å². The highest BCUT2D eigenvalue weighted by Gasteiger charge is 2.33. The molecule has 0 fully saturated rings. The van der Waals surface area contributed by atoms with Gasteiger partial charge in [-0.05, 0) is 42.8 Å². The second kappa shape index (κ2) is 5.47. The summed E-state index contributed by atoms with van der Waals surface area (Å²) in [6, 6.07) is 8.82. The molecule has 0 bridgehead atoms. The predicted octanol–water partition coefficient (Wildman–Crippen LogP) is 3.97. The molecule has 1 amide bonds. The third kappa shape index (κ3) is 3.34. The number of rotatable bonds is 2. The van der Waals surface area contributed by atoms with E-state index < -0.39 is 17.6 Å². The number of aryl methyl sites for hydroxylation is 1. The van der Waals surface area contributed by atoms with Crippen molar-refractivity contribution in [3.8, 4) is 5.75 Å². The highest BCUT2D eigenvalue weighted by Crippen LogP contribution is 2.34. The molecule has 2 aromatic rings. The number of anilines is 1. The average Bonchev–Trinajstić information content (AvgIpc) is 2.41. The number of carbonyl (C=O) groups is 1. The molecule has 0 radical (unpaired) electrons. The largest absolute Gasteiger partial charge is 0.508 e. The lowest BCUT2D eigenvalue weighted by Crippen LogP contribution is -2.16. The van der Waals surface area contributed by atoms with E-state index in [9.17, 15) is 23.1 Å². The molecule has 6 heteroatoms. The highest BCUT2D eigenvalue weighted by atomic mass is 19.4. The fourth-order valence-corrected chi connectivity index (χ4v) is 1.83. The molecule has 2 aromatic carbocycles. The van der Waals surface area contributed by atoms with Gasteiger partial charge in [0.15, 0.2) is 0 Å². The van der Waals surface area contributed by atoms with Gasteiger partial charge in [-0.15, -0.1) is 0 Å². The Bertz CT molecular complexity index is 681. The number of nitrogens with one attached hydrogen (secondary N) is 1. The number of phenols is 1. The molecule has 0 spiro atoms. The smallest absolute Gasteiger partial charge is 0.418 e. The molecule has 0 aromatic heterocycles. The zero-order valence-corrected chi connectivity index (χ0v) is 11.0. The van der Waals surface area contributed by atoms with Crippen molar-refractivity contribution in [1.29, 1.82) is 0 Å². The van der Waals surface area contributed by atoms with Crippen molar-refractivity contribution in [3.63, 3.8) is 0 Å². The lowest BCUT2D eigenvalue weighted by Gasteiger charge is -2.13. The van der Waals surface area contributed by atoms with E-state index in [0.717, 1.165) is 6.07 Å². The van der Waals surface area contributed by atoms with Gasteiger partial charge in [-0.25, -0.2) is 0 Å². The summed E-state index contributed by atoms with van der Waals surface area (Å²) < 4.78 is 38.5. The number of halogens is 3. The summed E-state index contributed by atoms with van der Waals surface area (Å²) in [7, 11) is 0. The molecule has 2 N–H and O–H groups in total. The summed E-state index contributed by atoms with van der Waals surface area (Å²) in [6.45, 7) is 1.59. The molecule has 0 aliphatic heterocycles. The lowest BCUT2D eigenvalue weighted by molar-refractivity contribution is -0.136. The van der Waals surface area contributed by atoms with Crippen LogP contribution in [0.25, 0.3) is 0 Å². The zero-order valence-electron chi connectivity index (χ0n) is 11.0. The SMILES string of the molecule is Cc1cc(C(=O)Nc2ccccc2C(F)(F)F)ccc1O. The van der Waals surface area contributed by atoms with E-state index in [-0.39, 0.29) is 17.0 Å². The zero-order chi connectivity index (χ0) is 15.6. The van der Waals surface area contributed by atoms with E-state index in [1.165, 1.54) is 36.4 Å². The maximum atomic E-state index is 12.8. The van der Waals surface area contributed by atoms with Crippen molar-refractivity contribution in [2.24, 2.45) is 0 Å². The number of hydrogen-bond donors (Lipinski definition) is 2. The summed E-state index contributed by atoms with van der Waals surface area (Å²) in [5, 5.41) is 11.6. The number of para-hydroxylation sites is 1. The highest BCUT2D eigenvalue weighted by molar-refractivity contribution is 6.04. The van der Waals surface area contributed by atoms with Crippen LogP contribution >= 0.6 is 0 Å². The lowest BCUT2D eigenvalue weighted by atomic mass is 10.1. The number of benzene rings is 2. The minimum absolute atomic E-state index is 0.0160. The van der Waals surface area contributed by atoms with Gasteiger partial charge in [-0.2, -0.15) is 13.2 Å². The van der Waals surface area contributed by atoms with Gasteiger partial charge in [-0.1, -0.05) is 12.1 Å². The van der Waals surface area contributed by atoms with E-state index in [4.69, 9.17) is 0 Å². The molecule has 0 aliphatic carbocycles. The van der Waals surface area contributed by atoms with Gasteiger partial charge < -0.3 is 10.4 Å². The number of carbonyl (C=O) groups excluding carboxylic acids is 1. The first-order valence-corrected chi connectivity index (χ1v) is 6.06. The Hall–Kier alpha value is -2.50. The Morgan fingerprint density at radius 1 is 1.14 bits per heavy atom. The molecule has 2 rings (SSSR count). The van der Waals surface area contributed by atoms with Crippen LogP contribution in [0.5, 0.6) is 5.75 Å². The molecule has 0 aliphatic rings. The molecule has 110 valence electrons. The van der Waals surface area contributed by atoms with Gasteiger partial charge in [0.1, 0.15) is 5.75 Å². The van der Waals surface area contributed by atoms with Crippen LogP contribution < -0.4 is 5.32 Å². The van der Waals surface area contributed by atoms with Crippen LogP contribution in [-0.2, 0) is 6.18 Å². The predicted molar refractivity (Wildman–Crippen MR) is 72.2 cm³/mol. The fourth-order valence-electron chi connectivity index (χ4n) is 1.83. The van der Waals surface area contributed by atoms with Gasteiger partial charge in [0.2, 0.25) is 0 Å². The minimum Gasteiger partial charge on any atom is -0.508 e. The molecule has 0 saturated heterocycles. The quantitative estimate of drug-likeness (QED) is 0.880. The van der Waals surface area contributed by atoms with E-state index in [0.29, 0.717) is 5.56 Å². The molecular weight excluding hydrogens is 283 g/mol. The standard InChI is InChI=1S/C15H12F3NO2/c1-9-8-10(6-7-13(9)20)14(21)19-12-5-3-2-4-11(12)15(16,17)18/h2-8,20H,1H3,(H,19,21).